The van der Waals surface area contributed by atoms with Crippen LogP contribution < -0.4 is 24.8 Å². The Morgan fingerprint density at radius 1 is 0.929 bits per heavy atom. The van der Waals surface area contributed by atoms with E-state index in [1.807, 2.05) is 25.1 Å². The molecule has 7 heteroatoms. The first-order valence-electron chi connectivity index (χ1n) is 8.90. The normalized spacial score (nSPS) is 10.7. The van der Waals surface area contributed by atoms with Gasteiger partial charge in [-0.1, -0.05) is 12.1 Å². The summed E-state index contributed by atoms with van der Waals surface area (Å²) < 4.78 is 16.0. The van der Waals surface area contributed by atoms with Gasteiger partial charge in [0.15, 0.2) is 5.96 Å². The smallest absolute Gasteiger partial charge is 0.191 e. The average Bonchev–Trinajstić information content (AvgIpc) is 2.71. The van der Waals surface area contributed by atoms with Gasteiger partial charge in [0.05, 0.1) is 21.3 Å². The Morgan fingerprint density at radius 2 is 1.68 bits per heavy atom. The summed E-state index contributed by atoms with van der Waals surface area (Å²) in [6.45, 7) is 3.41. The number of hydrogen-bond acceptors (Lipinski definition) is 4. The maximum Gasteiger partial charge on any atom is 0.191 e. The fourth-order valence-corrected chi connectivity index (χ4v) is 2.74. The number of methoxy groups -OCH3 is 3. The molecule has 2 aromatic rings. The second-order valence-corrected chi connectivity index (χ2v) is 6.08. The molecule has 0 aliphatic rings. The van der Waals surface area contributed by atoms with Gasteiger partial charge >= 0.3 is 0 Å². The first-order chi connectivity index (χ1) is 13.1. The number of aliphatic imine (C=N–C) groups is 1. The molecule has 2 N–H and O–H groups in total. The highest BCUT2D eigenvalue weighted by Crippen LogP contribution is 2.24. The number of nitrogens with one attached hydrogen (secondary N) is 2. The zero-order valence-electron chi connectivity index (χ0n) is 17.2. The fourth-order valence-electron chi connectivity index (χ4n) is 2.74. The molecule has 0 saturated carbocycles. The fraction of sp³-hybridized carbons (Fsp3) is 0.381. The standard InChI is InChI=1S/C21H29N3O3.HI/c1-15-6-7-16(12-19(15)26-4)10-11-23-21(22-2)24-14-17-8-9-18(25-3)13-20(17)27-5;/h6-9,12-13H,10-11,14H2,1-5H3,(H2,22,23,24);1H. The van der Waals surface area contributed by atoms with E-state index in [0.717, 1.165) is 47.3 Å². The van der Waals surface area contributed by atoms with Crippen LogP contribution in [0.15, 0.2) is 41.4 Å². The third-order valence-electron chi connectivity index (χ3n) is 4.34. The minimum atomic E-state index is 0. The molecular formula is C21H30IN3O3. The predicted octanol–water partition coefficient (Wildman–Crippen LogP) is 3.55. The lowest BCUT2D eigenvalue weighted by Gasteiger charge is -2.15. The third-order valence-corrected chi connectivity index (χ3v) is 4.34. The van der Waals surface area contributed by atoms with Crippen molar-refractivity contribution in [3.05, 3.63) is 53.1 Å². The van der Waals surface area contributed by atoms with Gasteiger partial charge in [0, 0.05) is 31.8 Å². The van der Waals surface area contributed by atoms with Gasteiger partial charge < -0.3 is 24.8 Å². The summed E-state index contributed by atoms with van der Waals surface area (Å²) in [6, 6.07) is 12.1. The summed E-state index contributed by atoms with van der Waals surface area (Å²) in [4.78, 5) is 4.28. The molecule has 0 aromatic heterocycles. The molecule has 0 amide bonds. The topological polar surface area (TPSA) is 64.1 Å². The van der Waals surface area contributed by atoms with Gasteiger partial charge in [0.1, 0.15) is 17.2 Å². The van der Waals surface area contributed by atoms with Crippen LogP contribution in [0.4, 0.5) is 0 Å². The van der Waals surface area contributed by atoms with Crippen molar-refractivity contribution in [3.8, 4) is 17.2 Å². The Labute approximate surface area is 184 Å². The van der Waals surface area contributed by atoms with Gasteiger partial charge in [-0.05, 0) is 42.7 Å². The summed E-state index contributed by atoms with van der Waals surface area (Å²) in [5.74, 6) is 3.21. The highest BCUT2D eigenvalue weighted by molar-refractivity contribution is 14.0. The lowest BCUT2D eigenvalue weighted by molar-refractivity contribution is 0.390. The molecule has 0 radical (unpaired) electrons. The van der Waals surface area contributed by atoms with Crippen LogP contribution in [0.25, 0.3) is 0 Å². The van der Waals surface area contributed by atoms with Crippen molar-refractivity contribution >= 4 is 29.9 Å². The van der Waals surface area contributed by atoms with Crippen molar-refractivity contribution in [2.75, 3.05) is 34.9 Å². The Balaban J connectivity index is 0.00000392. The SMILES string of the molecule is CN=C(NCCc1ccc(C)c(OC)c1)NCc1ccc(OC)cc1OC.I. The molecule has 0 atom stereocenters. The van der Waals surface area contributed by atoms with E-state index in [-0.39, 0.29) is 24.0 Å². The van der Waals surface area contributed by atoms with Crippen LogP contribution in [-0.4, -0.2) is 40.9 Å². The van der Waals surface area contributed by atoms with Crippen LogP contribution in [-0.2, 0) is 13.0 Å². The van der Waals surface area contributed by atoms with Gasteiger partial charge in [-0.25, -0.2) is 0 Å². The van der Waals surface area contributed by atoms with Crippen molar-refractivity contribution in [2.24, 2.45) is 4.99 Å². The molecule has 2 aromatic carbocycles. The van der Waals surface area contributed by atoms with Crippen LogP contribution in [0.5, 0.6) is 17.2 Å². The molecule has 0 aliphatic carbocycles. The zero-order valence-corrected chi connectivity index (χ0v) is 19.5. The van der Waals surface area contributed by atoms with E-state index in [1.165, 1.54) is 5.56 Å². The maximum atomic E-state index is 5.43. The molecule has 0 fully saturated rings. The van der Waals surface area contributed by atoms with Gasteiger partial charge in [0.25, 0.3) is 0 Å². The molecule has 0 heterocycles. The molecule has 0 bridgehead atoms. The number of halogens is 1. The largest absolute Gasteiger partial charge is 0.497 e. The van der Waals surface area contributed by atoms with Crippen molar-refractivity contribution < 1.29 is 14.2 Å². The van der Waals surface area contributed by atoms with E-state index in [1.54, 1.807) is 28.4 Å². The van der Waals surface area contributed by atoms with Gasteiger partial charge in [-0.2, -0.15) is 0 Å². The Hall–Kier alpha value is -2.16. The first-order valence-corrected chi connectivity index (χ1v) is 8.90. The van der Waals surface area contributed by atoms with E-state index in [2.05, 4.69) is 33.8 Å². The number of guanidine groups is 1. The average molecular weight is 499 g/mol. The highest BCUT2D eigenvalue weighted by Gasteiger charge is 2.06. The van der Waals surface area contributed by atoms with Crippen LogP contribution in [0.2, 0.25) is 0 Å². The number of hydrogen-bond donors (Lipinski definition) is 2. The van der Waals surface area contributed by atoms with E-state index < -0.39 is 0 Å². The van der Waals surface area contributed by atoms with Gasteiger partial charge in [-0.15, -0.1) is 24.0 Å². The van der Waals surface area contributed by atoms with Crippen LogP contribution in [0.3, 0.4) is 0 Å². The summed E-state index contributed by atoms with van der Waals surface area (Å²) in [6.07, 6.45) is 0.878. The number of ether oxygens (including phenoxy) is 3. The number of nitrogens with zero attached hydrogens (tertiary/aromatic N) is 1. The second kappa shape index (κ2) is 12.3. The van der Waals surface area contributed by atoms with Gasteiger partial charge in [-0.3, -0.25) is 4.99 Å². The van der Waals surface area contributed by atoms with Crippen LogP contribution in [0, 0.1) is 6.92 Å². The molecular weight excluding hydrogens is 469 g/mol. The molecule has 154 valence electrons. The zero-order chi connectivity index (χ0) is 19.6. The Bertz CT molecular complexity index is 781. The van der Waals surface area contributed by atoms with E-state index >= 15 is 0 Å². The summed E-state index contributed by atoms with van der Waals surface area (Å²) >= 11 is 0. The molecule has 0 aliphatic heterocycles. The molecule has 0 saturated heterocycles. The minimum absolute atomic E-state index is 0. The number of aryl methyl sites for hydroxylation is 1. The first kappa shape index (κ1) is 23.9. The molecule has 6 nitrogen and oxygen atoms in total. The maximum absolute atomic E-state index is 5.43. The van der Waals surface area contributed by atoms with Crippen molar-refractivity contribution in [2.45, 2.75) is 19.9 Å². The highest BCUT2D eigenvalue weighted by atomic mass is 127. The minimum Gasteiger partial charge on any atom is -0.497 e. The molecule has 0 spiro atoms. The molecule has 2 rings (SSSR count). The van der Waals surface area contributed by atoms with Crippen molar-refractivity contribution in [1.29, 1.82) is 0 Å². The summed E-state index contributed by atoms with van der Waals surface area (Å²) in [7, 11) is 6.75. The van der Waals surface area contributed by atoms with Crippen molar-refractivity contribution in [1.82, 2.24) is 10.6 Å². The van der Waals surface area contributed by atoms with E-state index in [0.29, 0.717) is 6.54 Å². The lowest BCUT2D eigenvalue weighted by atomic mass is 10.1. The number of benzene rings is 2. The van der Waals surface area contributed by atoms with Crippen molar-refractivity contribution in [3.63, 3.8) is 0 Å². The van der Waals surface area contributed by atoms with E-state index in [9.17, 15) is 0 Å². The van der Waals surface area contributed by atoms with Crippen LogP contribution >= 0.6 is 24.0 Å². The Morgan fingerprint density at radius 3 is 2.32 bits per heavy atom. The predicted molar refractivity (Wildman–Crippen MR) is 125 cm³/mol. The van der Waals surface area contributed by atoms with E-state index in [4.69, 9.17) is 14.2 Å². The Kier molecular flexibility index (Phi) is 10.5. The molecule has 28 heavy (non-hydrogen) atoms. The number of rotatable bonds is 8. The quantitative estimate of drug-likeness (QED) is 0.331. The summed E-state index contributed by atoms with van der Waals surface area (Å²) in [5.41, 5.74) is 3.39. The lowest BCUT2D eigenvalue weighted by Crippen LogP contribution is -2.37. The molecule has 0 unspecified atom stereocenters. The summed E-state index contributed by atoms with van der Waals surface area (Å²) in [5, 5.41) is 6.64. The van der Waals surface area contributed by atoms with Crippen LogP contribution in [0.1, 0.15) is 16.7 Å². The van der Waals surface area contributed by atoms with Gasteiger partial charge in [0.2, 0.25) is 0 Å². The monoisotopic (exact) mass is 499 g/mol. The third kappa shape index (κ3) is 6.78. The second-order valence-electron chi connectivity index (χ2n) is 6.08.